The number of aromatic amines is 1. The standard InChI is InChI=1S/C21H21F3N4O/c1-28-10-8-13(9-11-28)20(29)25-19-16-12-14(6-7-18(16)26-27-19)15-4-2-3-5-17(15)21(22,23)24/h2-7,12-13H,8-11H2,1H3,(H2,25,26,27,29). The lowest BCUT2D eigenvalue weighted by Crippen LogP contribution is -2.36. The first kappa shape index (κ1) is 19.4. The SMILES string of the molecule is CN1CCC(C(=O)Nc2n[nH]c3ccc(-c4ccccc4C(F)(F)F)cc23)CC1. The number of H-pyrrole nitrogens is 1. The van der Waals surface area contributed by atoms with Crippen molar-refractivity contribution < 1.29 is 18.0 Å². The Balaban J connectivity index is 1.65. The van der Waals surface area contributed by atoms with Crippen LogP contribution in [0.15, 0.2) is 42.5 Å². The molecule has 2 aromatic carbocycles. The van der Waals surface area contributed by atoms with Crippen LogP contribution in [0.25, 0.3) is 22.0 Å². The summed E-state index contributed by atoms with van der Waals surface area (Å²) in [7, 11) is 2.02. The quantitative estimate of drug-likeness (QED) is 0.677. The van der Waals surface area contributed by atoms with Crippen LogP contribution in [-0.2, 0) is 11.0 Å². The highest BCUT2D eigenvalue weighted by Crippen LogP contribution is 2.38. The number of nitrogens with one attached hydrogen (secondary N) is 2. The minimum atomic E-state index is -4.45. The summed E-state index contributed by atoms with van der Waals surface area (Å²) in [6, 6.07) is 10.4. The number of alkyl halides is 3. The summed E-state index contributed by atoms with van der Waals surface area (Å²) in [5, 5.41) is 10.4. The van der Waals surface area contributed by atoms with Crippen molar-refractivity contribution in [2.24, 2.45) is 5.92 Å². The molecule has 0 spiro atoms. The molecule has 5 nitrogen and oxygen atoms in total. The molecular weight excluding hydrogens is 381 g/mol. The Bertz CT molecular complexity index is 1040. The Morgan fingerprint density at radius 3 is 2.62 bits per heavy atom. The summed E-state index contributed by atoms with van der Waals surface area (Å²) in [5.41, 5.74) is 0.467. The van der Waals surface area contributed by atoms with E-state index in [2.05, 4.69) is 20.4 Å². The minimum absolute atomic E-state index is 0.0907. The molecule has 3 aromatic rings. The number of carbonyl (C=O) groups excluding carboxylic acids is 1. The number of aromatic nitrogens is 2. The van der Waals surface area contributed by atoms with Gasteiger partial charge in [0.15, 0.2) is 5.82 Å². The van der Waals surface area contributed by atoms with Gasteiger partial charge in [-0.2, -0.15) is 18.3 Å². The molecule has 152 valence electrons. The van der Waals surface area contributed by atoms with Gasteiger partial charge in [-0.1, -0.05) is 24.3 Å². The zero-order valence-electron chi connectivity index (χ0n) is 15.9. The van der Waals surface area contributed by atoms with E-state index in [0.717, 1.165) is 32.0 Å². The van der Waals surface area contributed by atoms with E-state index in [9.17, 15) is 18.0 Å². The van der Waals surface area contributed by atoms with Gasteiger partial charge in [-0.15, -0.1) is 0 Å². The topological polar surface area (TPSA) is 61.0 Å². The predicted molar refractivity (Wildman–Crippen MR) is 105 cm³/mol. The average molecular weight is 402 g/mol. The van der Waals surface area contributed by atoms with Crippen molar-refractivity contribution in [1.29, 1.82) is 0 Å². The summed E-state index contributed by atoms with van der Waals surface area (Å²) in [6.45, 7) is 1.72. The number of amides is 1. The first-order chi connectivity index (χ1) is 13.8. The molecule has 1 aliphatic heterocycles. The van der Waals surface area contributed by atoms with Crippen molar-refractivity contribution in [2.75, 3.05) is 25.5 Å². The van der Waals surface area contributed by atoms with Gasteiger partial charge in [-0.25, -0.2) is 0 Å². The fraction of sp³-hybridized carbons (Fsp3) is 0.333. The van der Waals surface area contributed by atoms with E-state index in [0.29, 0.717) is 22.3 Å². The molecule has 0 bridgehead atoms. The normalized spacial score (nSPS) is 16.3. The van der Waals surface area contributed by atoms with Crippen molar-refractivity contribution in [3.05, 3.63) is 48.0 Å². The highest BCUT2D eigenvalue weighted by atomic mass is 19.4. The number of nitrogens with zero attached hydrogens (tertiary/aromatic N) is 2. The molecule has 1 amide bonds. The molecule has 4 rings (SSSR count). The van der Waals surface area contributed by atoms with Gasteiger partial charge in [0.1, 0.15) is 0 Å². The highest BCUT2D eigenvalue weighted by Gasteiger charge is 2.33. The van der Waals surface area contributed by atoms with Gasteiger partial charge >= 0.3 is 6.18 Å². The minimum Gasteiger partial charge on any atom is -0.308 e. The molecule has 1 aliphatic rings. The Kier molecular flexibility index (Phi) is 5.04. The number of benzene rings is 2. The first-order valence-corrected chi connectivity index (χ1v) is 9.47. The third kappa shape index (κ3) is 3.98. The molecule has 2 heterocycles. The van der Waals surface area contributed by atoms with Crippen molar-refractivity contribution in [1.82, 2.24) is 15.1 Å². The lowest BCUT2D eigenvalue weighted by Gasteiger charge is -2.27. The van der Waals surface area contributed by atoms with Crippen LogP contribution in [0.1, 0.15) is 18.4 Å². The average Bonchev–Trinajstić information content (AvgIpc) is 3.10. The van der Waals surface area contributed by atoms with E-state index >= 15 is 0 Å². The third-order valence-electron chi connectivity index (χ3n) is 5.44. The van der Waals surface area contributed by atoms with E-state index in [4.69, 9.17) is 0 Å². The summed E-state index contributed by atoms with van der Waals surface area (Å²) < 4.78 is 40.2. The maximum absolute atomic E-state index is 13.4. The Morgan fingerprint density at radius 1 is 1.17 bits per heavy atom. The van der Waals surface area contributed by atoms with Gasteiger partial charge in [0.25, 0.3) is 0 Å². The van der Waals surface area contributed by atoms with E-state index in [-0.39, 0.29) is 17.4 Å². The lowest BCUT2D eigenvalue weighted by atomic mass is 9.96. The van der Waals surface area contributed by atoms with Gasteiger partial charge in [-0.3, -0.25) is 9.89 Å². The van der Waals surface area contributed by atoms with Crippen LogP contribution >= 0.6 is 0 Å². The fourth-order valence-corrected chi connectivity index (χ4v) is 3.75. The largest absolute Gasteiger partial charge is 0.417 e. The van der Waals surface area contributed by atoms with Crippen molar-refractivity contribution in [2.45, 2.75) is 19.0 Å². The number of anilines is 1. The van der Waals surface area contributed by atoms with Crippen LogP contribution in [0.3, 0.4) is 0 Å². The molecule has 1 aromatic heterocycles. The number of hydrogen-bond acceptors (Lipinski definition) is 3. The molecule has 29 heavy (non-hydrogen) atoms. The van der Waals surface area contributed by atoms with E-state index in [1.165, 1.54) is 12.1 Å². The summed E-state index contributed by atoms with van der Waals surface area (Å²) >= 11 is 0. The van der Waals surface area contributed by atoms with Crippen LogP contribution in [0.5, 0.6) is 0 Å². The molecule has 8 heteroatoms. The number of halogens is 3. The van der Waals surface area contributed by atoms with Crippen molar-refractivity contribution in [3.8, 4) is 11.1 Å². The van der Waals surface area contributed by atoms with Crippen LogP contribution in [0.2, 0.25) is 0 Å². The van der Waals surface area contributed by atoms with Gasteiger partial charge in [-0.05, 0) is 62.3 Å². The molecule has 1 fully saturated rings. The fourth-order valence-electron chi connectivity index (χ4n) is 3.75. The van der Waals surface area contributed by atoms with Crippen molar-refractivity contribution >= 4 is 22.6 Å². The highest BCUT2D eigenvalue weighted by molar-refractivity contribution is 6.01. The van der Waals surface area contributed by atoms with Crippen LogP contribution in [-0.4, -0.2) is 41.1 Å². The Hall–Kier alpha value is -2.87. The number of piperidine rings is 1. The second kappa shape index (κ2) is 7.51. The Labute approximate surface area is 165 Å². The lowest BCUT2D eigenvalue weighted by molar-refractivity contribution is -0.137. The molecule has 0 unspecified atom stereocenters. The second-order valence-electron chi connectivity index (χ2n) is 7.44. The first-order valence-electron chi connectivity index (χ1n) is 9.47. The van der Waals surface area contributed by atoms with Gasteiger partial charge in [0, 0.05) is 11.3 Å². The molecule has 1 saturated heterocycles. The third-order valence-corrected chi connectivity index (χ3v) is 5.44. The van der Waals surface area contributed by atoms with Crippen LogP contribution < -0.4 is 5.32 Å². The van der Waals surface area contributed by atoms with E-state index in [1.807, 2.05) is 7.05 Å². The van der Waals surface area contributed by atoms with E-state index < -0.39 is 11.7 Å². The monoisotopic (exact) mass is 402 g/mol. The van der Waals surface area contributed by atoms with Crippen molar-refractivity contribution in [3.63, 3.8) is 0 Å². The molecule has 0 radical (unpaired) electrons. The number of fused-ring (bicyclic) bond motifs is 1. The number of hydrogen-bond donors (Lipinski definition) is 2. The molecule has 0 saturated carbocycles. The van der Waals surface area contributed by atoms with Crippen LogP contribution in [0, 0.1) is 5.92 Å². The molecule has 0 atom stereocenters. The summed E-state index contributed by atoms with van der Waals surface area (Å²) in [6.07, 6.45) is -2.91. The smallest absolute Gasteiger partial charge is 0.308 e. The second-order valence-corrected chi connectivity index (χ2v) is 7.44. The van der Waals surface area contributed by atoms with Gasteiger partial charge < -0.3 is 10.2 Å². The predicted octanol–water partition coefficient (Wildman–Crippen LogP) is 4.53. The molecular formula is C21H21F3N4O. The maximum Gasteiger partial charge on any atom is 0.417 e. The zero-order chi connectivity index (χ0) is 20.6. The maximum atomic E-state index is 13.4. The van der Waals surface area contributed by atoms with Crippen LogP contribution in [0.4, 0.5) is 19.0 Å². The Morgan fingerprint density at radius 2 is 1.90 bits per heavy atom. The number of carbonyl (C=O) groups is 1. The van der Waals surface area contributed by atoms with E-state index in [1.54, 1.807) is 24.3 Å². The molecule has 0 aliphatic carbocycles. The number of likely N-dealkylation sites (tertiary alicyclic amines) is 1. The summed E-state index contributed by atoms with van der Waals surface area (Å²) in [4.78, 5) is 14.8. The van der Waals surface area contributed by atoms with Gasteiger partial charge in [0.05, 0.1) is 11.1 Å². The summed E-state index contributed by atoms with van der Waals surface area (Å²) in [5.74, 6) is 0.148. The van der Waals surface area contributed by atoms with Gasteiger partial charge in [0.2, 0.25) is 5.91 Å². The zero-order valence-corrected chi connectivity index (χ0v) is 15.9. The molecule has 2 N–H and O–H groups in total. The number of rotatable bonds is 3.